The predicted octanol–water partition coefficient (Wildman–Crippen LogP) is 5.95. The van der Waals surface area contributed by atoms with Crippen LogP contribution < -0.4 is 14.2 Å². The molecule has 2 N–H and O–H groups in total. The van der Waals surface area contributed by atoms with Crippen LogP contribution in [0.1, 0.15) is 36.1 Å². The van der Waals surface area contributed by atoms with Crippen molar-refractivity contribution in [2.75, 3.05) is 19.8 Å². The van der Waals surface area contributed by atoms with Crippen molar-refractivity contribution in [3.8, 4) is 23.0 Å². The molecule has 1 heterocycles. The highest BCUT2D eigenvalue weighted by atomic mass is 16.6. The van der Waals surface area contributed by atoms with Gasteiger partial charge in [0, 0.05) is 0 Å². The molecule has 2 unspecified atom stereocenters. The van der Waals surface area contributed by atoms with Gasteiger partial charge < -0.3 is 29.2 Å². The van der Waals surface area contributed by atoms with Gasteiger partial charge in [0.2, 0.25) is 0 Å². The molecule has 0 spiro atoms. The lowest BCUT2D eigenvalue weighted by Crippen LogP contribution is -2.45. The topological polar surface area (TPSA) is 80.7 Å². The first-order valence-corrected chi connectivity index (χ1v) is 13.6. The fourth-order valence-corrected chi connectivity index (χ4v) is 4.27. The quantitative estimate of drug-likeness (QED) is 0.204. The zero-order valence-electron chi connectivity index (χ0n) is 23.0. The van der Waals surface area contributed by atoms with Gasteiger partial charge in [0.05, 0.1) is 6.61 Å². The highest BCUT2D eigenvalue weighted by Gasteiger charge is 2.31. The Morgan fingerprint density at radius 1 is 0.700 bits per heavy atom. The first kappa shape index (κ1) is 27.6. The number of phenols is 1. The molecule has 0 saturated carbocycles. The standard InChI is InChI=1S/C34H36O6/c1-34(2,33(36)23-39-30-15-7-25(8-16-30)19-24-3-11-28(35)12-4-24)40-31-17-9-27(10-18-31)20-26-5-13-29(14-6-26)37-21-32-22-38-32/h3-18,32-33,35-36H,19-23H2,1-2H3. The summed E-state index contributed by atoms with van der Waals surface area (Å²) in [5, 5.41) is 20.3. The zero-order valence-corrected chi connectivity index (χ0v) is 23.0. The van der Waals surface area contributed by atoms with Gasteiger partial charge in [-0.05, 0) is 97.5 Å². The number of rotatable bonds is 13. The Morgan fingerprint density at radius 3 is 1.60 bits per heavy atom. The molecule has 6 nitrogen and oxygen atoms in total. The average molecular weight is 541 g/mol. The third-order valence-electron chi connectivity index (χ3n) is 6.95. The SMILES string of the molecule is CC(C)(Oc1ccc(Cc2ccc(OCC3CO3)cc2)cc1)C(O)COc1ccc(Cc2ccc(O)cc2)cc1. The lowest BCUT2D eigenvalue weighted by Gasteiger charge is -2.31. The predicted molar refractivity (Wildman–Crippen MR) is 154 cm³/mol. The monoisotopic (exact) mass is 540 g/mol. The summed E-state index contributed by atoms with van der Waals surface area (Å²) in [5.74, 6) is 2.50. The van der Waals surface area contributed by atoms with E-state index < -0.39 is 11.7 Å². The Kier molecular flexibility index (Phi) is 8.58. The Labute approximate surface area is 235 Å². The number of hydrogen-bond donors (Lipinski definition) is 2. The van der Waals surface area contributed by atoms with E-state index in [-0.39, 0.29) is 18.5 Å². The molecule has 1 aliphatic heterocycles. The highest BCUT2D eigenvalue weighted by molar-refractivity contribution is 5.35. The van der Waals surface area contributed by atoms with Gasteiger partial charge in [-0.2, -0.15) is 0 Å². The Bertz CT molecular complexity index is 1340. The van der Waals surface area contributed by atoms with E-state index in [4.69, 9.17) is 18.9 Å². The van der Waals surface area contributed by atoms with Crippen molar-refractivity contribution in [3.05, 3.63) is 119 Å². The van der Waals surface area contributed by atoms with Crippen LogP contribution in [0, 0.1) is 0 Å². The van der Waals surface area contributed by atoms with Crippen molar-refractivity contribution in [1.29, 1.82) is 0 Å². The second kappa shape index (κ2) is 12.5. The molecule has 0 aliphatic carbocycles. The van der Waals surface area contributed by atoms with Crippen LogP contribution in [0.5, 0.6) is 23.0 Å². The minimum Gasteiger partial charge on any atom is -0.508 e. The van der Waals surface area contributed by atoms with Crippen LogP contribution in [-0.2, 0) is 17.6 Å². The van der Waals surface area contributed by atoms with Crippen LogP contribution in [0.2, 0.25) is 0 Å². The normalized spacial score (nSPS) is 15.3. The molecule has 0 aromatic heterocycles. The molecule has 1 saturated heterocycles. The van der Waals surface area contributed by atoms with Crippen molar-refractivity contribution in [3.63, 3.8) is 0 Å². The van der Waals surface area contributed by atoms with Crippen molar-refractivity contribution >= 4 is 0 Å². The van der Waals surface area contributed by atoms with Crippen molar-refractivity contribution < 1.29 is 29.2 Å². The summed E-state index contributed by atoms with van der Waals surface area (Å²) in [7, 11) is 0. The molecule has 40 heavy (non-hydrogen) atoms. The fourth-order valence-electron chi connectivity index (χ4n) is 4.27. The molecule has 5 rings (SSSR count). The lowest BCUT2D eigenvalue weighted by molar-refractivity contribution is -0.0492. The van der Waals surface area contributed by atoms with Gasteiger partial charge in [-0.25, -0.2) is 0 Å². The molecule has 4 aromatic rings. The van der Waals surface area contributed by atoms with E-state index in [1.807, 2.05) is 86.6 Å². The van der Waals surface area contributed by atoms with E-state index in [1.165, 1.54) is 11.1 Å². The lowest BCUT2D eigenvalue weighted by atomic mass is 10.0. The number of benzene rings is 4. The van der Waals surface area contributed by atoms with E-state index in [2.05, 4.69) is 12.1 Å². The second-order valence-corrected chi connectivity index (χ2v) is 10.8. The number of epoxide rings is 1. The summed E-state index contributed by atoms with van der Waals surface area (Å²) in [6, 6.07) is 31.1. The highest BCUT2D eigenvalue weighted by Crippen LogP contribution is 2.25. The smallest absolute Gasteiger partial charge is 0.132 e. The van der Waals surface area contributed by atoms with Crippen LogP contribution >= 0.6 is 0 Å². The fraction of sp³-hybridized carbons (Fsp3) is 0.294. The van der Waals surface area contributed by atoms with Gasteiger partial charge in [0.15, 0.2) is 0 Å². The van der Waals surface area contributed by atoms with E-state index >= 15 is 0 Å². The summed E-state index contributed by atoms with van der Waals surface area (Å²) in [4.78, 5) is 0. The van der Waals surface area contributed by atoms with Crippen molar-refractivity contribution in [2.24, 2.45) is 0 Å². The number of phenolic OH excluding ortho intramolecular Hbond substituents is 1. The Balaban J connectivity index is 1.08. The third kappa shape index (κ3) is 8.01. The molecule has 0 amide bonds. The van der Waals surface area contributed by atoms with Gasteiger partial charge >= 0.3 is 0 Å². The van der Waals surface area contributed by atoms with E-state index in [9.17, 15) is 10.2 Å². The van der Waals surface area contributed by atoms with Gasteiger partial charge in [0.1, 0.15) is 54.0 Å². The minimum absolute atomic E-state index is 0.107. The second-order valence-electron chi connectivity index (χ2n) is 10.8. The van der Waals surface area contributed by atoms with Crippen LogP contribution in [0.15, 0.2) is 97.1 Å². The van der Waals surface area contributed by atoms with Crippen LogP contribution in [-0.4, -0.2) is 47.8 Å². The van der Waals surface area contributed by atoms with Crippen LogP contribution in [0.3, 0.4) is 0 Å². The van der Waals surface area contributed by atoms with Gasteiger partial charge in [-0.1, -0.05) is 48.5 Å². The summed E-state index contributed by atoms with van der Waals surface area (Å²) in [6.45, 7) is 5.22. The molecular formula is C34H36O6. The average Bonchev–Trinajstić information content (AvgIpc) is 3.79. The first-order chi connectivity index (χ1) is 19.3. The molecule has 4 aromatic carbocycles. The molecule has 0 radical (unpaired) electrons. The van der Waals surface area contributed by atoms with Gasteiger partial charge in [0.25, 0.3) is 0 Å². The summed E-state index contributed by atoms with van der Waals surface area (Å²) < 4.78 is 22.9. The van der Waals surface area contributed by atoms with Crippen LogP contribution in [0.25, 0.3) is 0 Å². The molecule has 2 atom stereocenters. The van der Waals surface area contributed by atoms with Crippen molar-refractivity contribution in [2.45, 2.75) is 44.5 Å². The zero-order chi connectivity index (χ0) is 28.0. The molecule has 0 bridgehead atoms. The number of aliphatic hydroxyl groups is 1. The number of hydrogen-bond acceptors (Lipinski definition) is 6. The van der Waals surface area contributed by atoms with Gasteiger partial charge in [-0.15, -0.1) is 0 Å². The maximum Gasteiger partial charge on any atom is 0.132 e. The minimum atomic E-state index is -0.846. The summed E-state index contributed by atoms with van der Waals surface area (Å²) in [5.41, 5.74) is 3.78. The summed E-state index contributed by atoms with van der Waals surface area (Å²) >= 11 is 0. The van der Waals surface area contributed by atoms with Crippen LogP contribution in [0.4, 0.5) is 0 Å². The van der Waals surface area contributed by atoms with E-state index in [1.54, 1.807) is 12.1 Å². The Hall–Kier alpha value is -4.00. The molecule has 1 fully saturated rings. The maximum atomic E-state index is 10.8. The molecular weight excluding hydrogens is 504 g/mol. The largest absolute Gasteiger partial charge is 0.508 e. The van der Waals surface area contributed by atoms with E-state index in [0.717, 1.165) is 36.3 Å². The number of ether oxygens (including phenoxy) is 4. The summed E-state index contributed by atoms with van der Waals surface area (Å²) in [6.07, 6.45) is 0.983. The molecule has 6 heteroatoms. The number of aliphatic hydroxyl groups excluding tert-OH is 1. The third-order valence-corrected chi connectivity index (χ3v) is 6.95. The first-order valence-electron chi connectivity index (χ1n) is 13.6. The van der Waals surface area contributed by atoms with E-state index in [0.29, 0.717) is 18.1 Å². The Morgan fingerprint density at radius 2 is 1.12 bits per heavy atom. The molecule has 208 valence electrons. The van der Waals surface area contributed by atoms with Gasteiger partial charge in [-0.3, -0.25) is 0 Å². The van der Waals surface area contributed by atoms with Crippen molar-refractivity contribution in [1.82, 2.24) is 0 Å². The molecule has 1 aliphatic rings. The maximum absolute atomic E-state index is 10.8. The number of aromatic hydroxyl groups is 1.